The summed E-state index contributed by atoms with van der Waals surface area (Å²) in [6.07, 6.45) is 10.3. The summed E-state index contributed by atoms with van der Waals surface area (Å²) in [7, 11) is -2.21. The number of nitrogens with one attached hydrogen (secondary N) is 2. The quantitative estimate of drug-likeness (QED) is 0.260. The molecule has 2 N–H and O–H groups in total. The third kappa shape index (κ3) is 7.66. The van der Waals surface area contributed by atoms with Gasteiger partial charge in [-0.15, -0.1) is 0 Å². The standard InChI is InChI=1S/C26H35Cl2N4O5PS/c27-21-8-3-9-22(28)23(21)24-20(25(37-30-24)16-10-11-16)14-36-19-12-13-32(38-15-19)18-6-1-4-17(5-2-7-18)29-26(33)31-39(34)35/h3,8-9,16-19,38-39H,1-2,4-7,10-15H2,(H2,29,31,33,34,35). The highest BCUT2D eigenvalue weighted by Gasteiger charge is 2.34. The summed E-state index contributed by atoms with van der Waals surface area (Å²) < 4.78 is 38.1. The largest absolute Gasteiger partial charge is 0.373 e. The number of thiol groups is 1. The zero-order valence-electron chi connectivity index (χ0n) is 21.7. The van der Waals surface area contributed by atoms with Crippen LogP contribution in [0.25, 0.3) is 11.3 Å². The van der Waals surface area contributed by atoms with E-state index in [1.54, 1.807) is 0 Å². The molecule has 2 saturated carbocycles. The van der Waals surface area contributed by atoms with Crippen LogP contribution in [0.3, 0.4) is 0 Å². The van der Waals surface area contributed by atoms with Crippen LogP contribution in [-0.2, 0) is 22.2 Å². The van der Waals surface area contributed by atoms with E-state index in [9.17, 15) is 13.2 Å². The molecule has 5 rings (SSSR count). The first-order valence-corrected chi connectivity index (χ1v) is 16.7. The number of urea groups is 1. The molecule has 1 aliphatic heterocycles. The van der Waals surface area contributed by atoms with Crippen LogP contribution in [0.2, 0.25) is 10.0 Å². The highest BCUT2D eigenvalue weighted by atomic mass is 35.5. The van der Waals surface area contributed by atoms with Gasteiger partial charge in [0, 0.05) is 41.8 Å². The van der Waals surface area contributed by atoms with Gasteiger partial charge in [-0.3, -0.25) is 4.67 Å². The van der Waals surface area contributed by atoms with Crippen molar-refractivity contribution in [3.05, 3.63) is 39.6 Å². The second kappa shape index (κ2) is 13.5. The molecule has 1 saturated heterocycles. The molecule has 1 aromatic heterocycles. The predicted octanol–water partition coefficient (Wildman–Crippen LogP) is 5.63. The summed E-state index contributed by atoms with van der Waals surface area (Å²) in [4.78, 5) is 11.7. The van der Waals surface area contributed by atoms with Crippen molar-refractivity contribution in [1.82, 2.24) is 19.9 Å². The Morgan fingerprint density at radius 3 is 2.44 bits per heavy atom. The van der Waals surface area contributed by atoms with E-state index in [1.807, 2.05) is 22.9 Å². The Bertz CT molecular complexity index is 1190. The van der Waals surface area contributed by atoms with Gasteiger partial charge in [-0.2, -0.15) is 0 Å². The number of carbonyl (C=O) groups is 1. The monoisotopic (exact) mass is 616 g/mol. The molecular weight excluding hydrogens is 582 g/mol. The van der Waals surface area contributed by atoms with Gasteiger partial charge in [-0.1, -0.05) is 34.4 Å². The zero-order valence-corrected chi connectivity index (χ0v) is 25.1. The Morgan fingerprint density at radius 2 is 1.82 bits per heavy atom. The van der Waals surface area contributed by atoms with Crippen LogP contribution in [0.4, 0.5) is 4.79 Å². The molecule has 39 heavy (non-hydrogen) atoms. The molecule has 2 aromatic rings. The maximum atomic E-state index is 11.7. The average molecular weight is 618 g/mol. The van der Waals surface area contributed by atoms with Crippen molar-refractivity contribution < 1.29 is 22.5 Å². The molecule has 2 unspecified atom stereocenters. The number of benzene rings is 1. The molecule has 214 valence electrons. The minimum Gasteiger partial charge on any atom is -0.373 e. The first kappa shape index (κ1) is 29.1. The van der Waals surface area contributed by atoms with Gasteiger partial charge in [0.25, 0.3) is 0 Å². The molecule has 2 amide bonds. The second-order valence-electron chi connectivity index (χ2n) is 10.6. The topological polar surface area (TPSA) is 114 Å². The van der Waals surface area contributed by atoms with E-state index in [0.29, 0.717) is 48.6 Å². The van der Waals surface area contributed by atoms with Crippen LogP contribution in [0.15, 0.2) is 22.7 Å². The third-order valence-electron chi connectivity index (χ3n) is 7.79. The lowest BCUT2D eigenvalue weighted by Gasteiger charge is -2.38. The Kier molecular flexibility index (Phi) is 10.1. The van der Waals surface area contributed by atoms with Crippen LogP contribution in [0, 0.1) is 0 Å². The summed E-state index contributed by atoms with van der Waals surface area (Å²) in [5, 5.41) is 8.27. The summed E-state index contributed by atoms with van der Waals surface area (Å²) >= 11 is 13.0. The van der Waals surface area contributed by atoms with Crippen molar-refractivity contribution in [2.75, 3.05) is 12.7 Å². The maximum Gasteiger partial charge on any atom is 0.328 e. The highest BCUT2D eigenvalue weighted by Crippen LogP contribution is 2.46. The third-order valence-corrected chi connectivity index (χ3v) is 10.4. The molecule has 0 radical (unpaired) electrons. The number of ether oxygens (including phenoxy) is 1. The molecule has 0 spiro atoms. The van der Waals surface area contributed by atoms with Gasteiger partial charge in [0.1, 0.15) is 11.5 Å². The molecule has 3 fully saturated rings. The molecule has 13 heteroatoms. The Morgan fingerprint density at radius 1 is 1.10 bits per heavy atom. The van der Waals surface area contributed by atoms with Crippen LogP contribution in [0.1, 0.15) is 75.0 Å². The number of hydrogen-bond donors (Lipinski definition) is 3. The number of rotatable bonds is 8. The number of nitrogens with zero attached hydrogens (tertiary/aromatic N) is 2. The van der Waals surface area contributed by atoms with E-state index < -0.39 is 16.9 Å². The highest BCUT2D eigenvalue weighted by molar-refractivity contribution is 7.70. The molecule has 2 aliphatic carbocycles. The van der Waals surface area contributed by atoms with Gasteiger partial charge < -0.3 is 14.6 Å². The Labute approximate surface area is 242 Å². The minimum absolute atomic E-state index is 0.0194. The fourth-order valence-electron chi connectivity index (χ4n) is 5.63. The Balaban J connectivity index is 1.12. The molecular formula is C26H35Cl2N4O5PS. The lowest BCUT2D eigenvalue weighted by atomic mass is 9.93. The first-order valence-electron chi connectivity index (χ1n) is 13.6. The summed E-state index contributed by atoms with van der Waals surface area (Å²) in [5.74, 6) is 1.30. The average Bonchev–Trinajstić information content (AvgIpc) is 3.64. The number of amides is 2. The lowest BCUT2D eigenvalue weighted by Crippen LogP contribution is -2.43. The van der Waals surface area contributed by atoms with Crippen molar-refractivity contribution in [3.63, 3.8) is 0 Å². The van der Waals surface area contributed by atoms with E-state index >= 15 is 0 Å². The van der Waals surface area contributed by atoms with Crippen LogP contribution in [0.5, 0.6) is 0 Å². The number of carbonyl (C=O) groups excluding carboxylic acids is 1. The van der Waals surface area contributed by atoms with Crippen LogP contribution < -0.4 is 10.0 Å². The summed E-state index contributed by atoms with van der Waals surface area (Å²) in [6.45, 7) is 1.45. The van der Waals surface area contributed by atoms with Gasteiger partial charge in [0.05, 0.1) is 22.8 Å². The summed E-state index contributed by atoms with van der Waals surface area (Å²) in [6, 6.07) is 5.39. The van der Waals surface area contributed by atoms with E-state index in [0.717, 1.165) is 81.8 Å². The number of aromatic nitrogens is 1. The van der Waals surface area contributed by atoms with Crippen molar-refractivity contribution in [2.24, 2.45) is 0 Å². The smallest absolute Gasteiger partial charge is 0.328 e. The second-order valence-corrected chi connectivity index (χ2v) is 13.4. The van der Waals surface area contributed by atoms with Crippen LogP contribution in [-0.4, -0.2) is 55.2 Å². The fourth-order valence-corrected chi connectivity index (χ4v) is 8.00. The molecule has 0 bridgehead atoms. The van der Waals surface area contributed by atoms with Crippen molar-refractivity contribution >= 4 is 48.9 Å². The Hall–Kier alpha value is -1.42. The van der Waals surface area contributed by atoms with E-state index in [4.69, 9.17) is 32.5 Å². The molecule has 3 aliphatic rings. The first-order chi connectivity index (χ1) is 18.9. The van der Waals surface area contributed by atoms with E-state index in [-0.39, 0.29) is 12.1 Å². The number of halogens is 2. The van der Waals surface area contributed by atoms with Gasteiger partial charge in [-0.05, 0) is 78.7 Å². The van der Waals surface area contributed by atoms with E-state index in [1.165, 1.54) is 0 Å². The van der Waals surface area contributed by atoms with Gasteiger partial charge in [0.15, 0.2) is 0 Å². The molecule has 1 aromatic carbocycles. The SMILES string of the molecule is O=C(NC1CCCC(N2CCC(OCc3c(-c4c(Cl)cccc4Cl)noc3C3CC3)CP2)CCC1)N[SH](=O)=O. The summed E-state index contributed by atoms with van der Waals surface area (Å²) in [5.41, 5.74) is 2.36. The predicted molar refractivity (Wildman–Crippen MR) is 154 cm³/mol. The van der Waals surface area contributed by atoms with E-state index in [2.05, 4.69) is 15.1 Å². The zero-order chi connectivity index (χ0) is 27.4. The van der Waals surface area contributed by atoms with Crippen molar-refractivity contribution in [3.8, 4) is 11.3 Å². The fraction of sp³-hybridized carbons (Fsp3) is 0.615. The molecule has 2 heterocycles. The maximum absolute atomic E-state index is 11.7. The van der Waals surface area contributed by atoms with Crippen LogP contribution >= 0.6 is 31.9 Å². The van der Waals surface area contributed by atoms with Gasteiger partial charge in [0.2, 0.25) is 10.9 Å². The molecule has 9 nitrogen and oxygen atoms in total. The van der Waals surface area contributed by atoms with Gasteiger partial charge in [-0.25, -0.2) is 17.9 Å². The van der Waals surface area contributed by atoms with Gasteiger partial charge >= 0.3 is 6.03 Å². The molecule has 2 atom stereocenters. The normalized spacial score (nSPS) is 25.4. The lowest BCUT2D eigenvalue weighted by molar-refractivity contribution is 0.0385. The minimum atomic E-state index is -2.93. The number of hydrogen-bond acceptors (Lipinski definition) is 7. The van der Waals surface area contributed by atoms with Crippen molar-refractivity contribution in [2.45, 2.75) is 88.5 Å². The van der Waals surface area contributed by atoms with Crippen molar-refractivity contribution in [1.29, 1.82) is 0 Å².